The molecule has 0 fully saturated rings. The van der Waals surface area contributed by atoms with Crippen molar-refractivity contribution in [3.8, 4) is 5.75 Å². The summed E-state index contributed by atoms with van der Waals surface area (Å²) in [4.78, 5) is 2.44. The first-order valence-electron chi connectivity index (χ1n) is 15.4. The first-order valence-corrected chi connectivity index (χ1v) is 16.4. The Kier molecular flexibility index (Phi) is 10.0. The van der Waals surface area contributed by atoms with Gasteiger partial charge < -0.3 is 9.64 Å². The molecule has 0 N–H and O–H groups in total. The molecule has 5 aromatic carbocycles. The van der Waals surface area contributed by atoms with Crippen LogP contribution in [0.25, 0.3) is 0 Å². The van der Waals surface area contributed by atoms with E-state index in [9.17, 15) is 0 Å². The van der Waals surface area contributed by atoms with Crippen molar-refractivity contribution in [2.45, 2.75) is 65.8 Å². The zero-order chi connectivity index (χ0) is 30.2. The van der Waals surface area contributed by atoms with Crippen LogP contribution < -0.4 is 14.9 Å². The van der Waals surface area contributed by atoms with Crippen LogP contribution in [0.3, 0.4) is 0 Å². The molecule has 0 radical (unpaired) electrons. The zero-order valence-electron chi connectivity index (χ0n) is 26.2. The second-order valence-electron chi connectivity index (χ2n) is 11.8. The van der Waals surface area contributed by atoms with Gasteiger partial charge in [0.1, 0.15) is 12.4 Å². The van der Waals surface area contributed by atoms with Crippen LogP contribution in [0.2, 0.25) is 0 Å². The summed E-state index contributed by atoms with van der Waals surface area (Å²) >= 11 is 0. The molecule has 43 heavy (non-hydrogen) atoms. The Labute approximate surface area is 260 Å². The molecule has 0 saturated carbocycles. The van der Waals surface area contributed by atoms with Gasteiger partial charge in [-0.3, -0.25) is 0 Å². The van der Waals surface area contributed by atoms with Crippen molar-refractivity contribution < 1.29 is 4.74 Å². The van der Waals surface area contributed by atoms with E-state index in [-0.39, 0.29) is 5.16 Å². The molecule has 0 heterocycles. The van der Waals surface area contributed by atoms with Gasteiger partial charge in [0.2, 0.25) is 0 Å². The second kappa shape index (κ2) is 14.1. The standard InChI is InChI=1S/C40H44NOP/c1-6-25-40(5,37-27-30(2)26-32(4)38(37)42-29-33-18-10-7-11-19-33)43-39-31(3)17-16-20-34(39)28-41(35-21-12-8-13-22-35)36-23-14-9-15-24-36/h7-24,26-27,43H,6,25,28-29H2,1-5H3. The Morgan fingerprint density at radius 3 is 1.91 bits per heavy atom. The third-order valence-corrected chi connectivity index (χ3v) is 10.3. The Hall–Kier alpha value is -3.87. The van der Waals surface area contributed by atoms with E-state index >= 15 is 0 Å². The quantitative estimate of drug-likeness (QED) is 0.135. The van der Waals surface area contributed by atoms with Crippen molar-refractivity contribution >= 4 is 25.3 Å². The number of para-hydroxylation sites is 2. The predicted molar refractivity (Wildman–Crippen MR) is 187 cm³/mol. The fourth-order valence-electron chi connectivity index (χ4n) is 6.08. The third kappa shape index (κ3) is 7.38. The SMILES string of the molecule is CCCC(C)(Pc1c(C)cccc1CN(c1ccccc1)c1ccccc1)c1cc(C)cc(C)c1OCc1ccccc1. The zero-order valence-corrected chi connectivity index (χ0v) is 27.2. The van der Waals surface area contributed by atoms with Gasteiger partial charge in [-0.05, 0) is 79.0 Å². The Bertz CT molecular complexity index is 1580. The number of ether oxygens (including phenoxy) is 1. The lowest BCUT2D eigenvalue weighted by atomic mass is 9.91. The van der Waals surface area contributed by atoms with Crippen molar-refractivity contribution in [2.75, 3.05) is 4.90 Å². The van der Waals surface area contributed by atoms with E-state index in [0.29, 0.717) is 15.2 Å². The maximum absolute atomic E-state index is 6.68. The Morgan fingerprint density at radius 2 is 1.30 bits per heavy atom. The largest absolute Gasteiger partial charge is 0.488 e. The summed E-state index contributed by atoms with van der Waals surface area (Å²) in [5, 5.41) is 1.39. The minimum Gasteiger partial charge on any atom is -0.488 e. The van der Waals surface area contributed by atoms with E-state index in [1.807, 2.05) is 0 Å². The molecule has 0 saturated heterocycles. The lowest BCUT2D eigenvalue weighted by Gasteiger charge is -2.35. The van der Waals surface area contributed by atoms with Crippen LogP contribution in [0, 0.1) is 20.8 Å². The van der Waals surface area contributed by atoms with Gasteiger partial charge in [0, 0.05) is 28.6 Å². The smallest absolute Gasteiger partial charge is 0.126 e. The van der Waals surface area contributed by atoms with Gasteiger partial charge in [0.15, 0.2) is 0 Å². The Balaban J connectivity index is 1.55. The lowest BCUT2D eigenvalue weighted by molar-refractivity contribution is 0.297. The average Bonchev–Trinajstić information content (AvgIpc) is 3.02. The number of hydrogen-bond acceptors (Lipinski definition) is 2. The van der Waals surface area contributed by atoms with E-state index in [2.05, 4.69) is 161 Å². The number of rotatable bonds is 12. The van der Waals surface area contributed by atoms with Gasteiger partial charge in [0.25, 0.3) is 0 Å². The van der Waals surface area contributed by atoms with E-state index in [1.165, 1.54) is 50.1 Å². The summed E-state index contributed by atoms with van der Waals surface area (Å²) in [6.45, 7) is 12.8. The first kappa shape index (κ1) is 30.6. The van der Waals surface area contributed by atoms with Gasteiger partial charge >= 0.3 is 0 Å². The number of benzene rings is 5. The molecule has 0 aliphatic heterocycles. The minimum absolute atomic E-state index is 0.0667. The summed E-state index contributed by atoms with van der Waals surface area (Å²) in [5.74, 6) is 1.04. The molecule has 220 valence electrons. The molecule has 0 amide bonds. The van der Waals surface area contributed by atoms with E-state index in [0.717, 1.165) is 25.1 Å². The lowest BCUT2D eigenvalue weighted by Crippen LogP contribution is -2.26. The van der Waals surface area contributed by atoms with Crippen LogP contribution in [0.5, 0.6) is 5.75 Å². The summed E-state index contributed by atoms with van der Waals surface area (Å²) in [7, 11) is 0.599. The van der Waals surface area contributed by atoms with Gasteiger partial charge in [-0.15, -0.1) is 0 Å². The molecule has 2 atom stereocenters. The number of nitrogens with zero attached hydrogens (tertiary/aromatic N) is 1. The molecule has 5 aromatic rings. The molecular weight excluding hydrogens is 541 g/mol. The highest BCUT2D eigenvalue weighted by atomic mass is 31.1. The average molecular weight is 586 g/mol. The van der Waals surface area contributed by atoms with Crippen LogP contribution in [-0.2, 0) is 18.3 Å². The predicted octanol–water partition coefficient (Wildman–Crippen LogP) is 10.5. The molecule has 0 aliphatic rings. The van der Waals surface area contributed by atoms with Crippen LogP contribution in [0.15, 0.2) is 121 Å². The van der Waals surface area contributed by atoms with E-state index in [4.69, 9.17) is 4.74 Å². The molecule has 2 unspecified atom stereocenters. The number of aryl methyl sites for hydroxylation is 3. The Morgan fingerprint density at radius 1 is 0.698 bits per heavy atom. The molecule has 0 aromatic heterocycles. The third-order valence-electron chi connectivity index (χ3n) is 8.21. The maximum Gasteiger partial charge on any atom is 0.126 e. The van der Waals surface area contributed by atoms with Crippen LogP contribution in [-0.4, -0.2) is 0 Å². The van der Waals surface area contributed by atoms with Crippen molar-refractivity contribution in [2.24, 2.45) is 0 Å². The fraction of sp³-hybridized carbons (Fsp3) is 0.250. The van der Waals surface area contributed by atoms with Crippen molar-refractivity contribution in [3.63, 3.8) is 0 Å². The highest BCUT2D eigenvalue weighted by Crippen LogP contribution is 2.50. The second-order valence-corrected chi connectivity index (χ2v) is 13.7. The van der Waals surface area contributed by atoms with Gasteiger partial charge in [-0.25, -0.2) is 0 Å². The molecular formula is C40H44NOP. The number of anilines is 2. The van der Waals surface area contributed by atoms with Crippen molar-refractivity contribution in [1.29, 1.82) is 0 Å². The molecule has 0 aliphatic carbocycles. The highest BCUT2D eigenvalue weighted by Gasteiger charge is 2.32. The first-order chi connectivity index (χ1) is 20.9. The normalized spacial score (nSPS) is 12.8. The van der Waals surface area contributed by atoms with Gasteiger partial charge in [-0.2, -0.15) is 0 Å². The summed E-state index contributed by atoms with van der Waals surface area (Å²) < 4.78 is 6.68. The molecule has 3 heteroatoms. The highest BCUT2D eigenvalue weighted by molar-refractivity contribution is 7.48. The number of hydrogen-bond donors (Lipinski definition) is 0. The van der Waals surface area contributed by atoms with Gasteiger partial charge in [0.05, 0.1) is 0 Å². The topological polar surface area (TPSA) is 12.5 Å². The van der Waals surface area contributed by atoms with Crippen LogP contribution in [0.1, 0.15) is 60.1 Å². The minimum atomic E-state index is -0.0667. The van der Waals surface area contributed by atoms with Crippen LogP contribution >= 0.6 is 8.58 Å². The molecule has 5 rings (SSSR count). The van der Waals surface area contributed by atoms with Crippen LogP contribution in [0.4, 0.5) is 11.4 Å². The van der Waals surface area contributed by atoms with Crippen molar-refractivity contribution in [1.82, 2.24) is 0 Å². The summed E-state index contributed by atoms with van der Waals surface area (Å²) in [6, 6.07) is 43.5. The van der Waals surface area contributed by atoms with E-state index in [1.54, 1.807) is 0 Å². The maximum atomic E-state index is 6.68. The summed E-state index contributed by atoms with van der Waals surface area (Å²) in [5.41, 5.74) is 10.2. The molecule has 0 bridgehead atoms. The summed E-state index contributed by atoms with van der Waals surface area (Å²) in [6.07, 6.45) is 2.20. The molecule has 0 spiro atoms. The van der Waals surface area contributed by atoms with E-state index < -0.39 is 0 Å². The van der Waals surface area contributed by atoms with Crippen molar-refractivity contribution in [3.05, 3.63) is 155 Å². The monoisotopic (exact) mass is 585 g/mol. The fourth-order valence-corrected chi connectivity index (χ4v) is 7.93. The molecule has 2 nitrogen and oxygen atoms in total. The van der Waals surface area contributed by atoms with Gasteiger partial charge in [-0.1, -0.05) is 131 Å².